The SMILES string of the molecule is Cc1ccccc1C(=O)C(=O)C(C)C. The van der Waals surface area contributed by atoms with Crippen LogP contribution in [-0.4, -0.2) is 11.6 Å². The molecule has 0 amide bonds. The molecule has 2 nitrogen and oxygen atoms in total. The summed E-state index contributed by atoms with van der Waals surface area (Å²) in [6, 6.07) is 7.15. The third-order valence-corrected chi connectivity index (χ3v) is 2.14. The van der Waals surface area contributed by atoms with Gasteiger partial charge < -0.3 is 0 Å². The van der Waals surface area contributed by atoms with Crippen molar-refractivity contribution < 1.29 is 9.59 Å². The molecule has 74 valence electrons. The Hall–Kier alpha value is -1.44. The van der Waals surface area contributed by atoms with Crippen LogP contribution in [0.4, 0.5) is 0 Å². The summed E-state index contributed by atoms with van der Waals surface area (Å²) >= 11 is 0. The number of Topliss-reactive ketones (excluding diaryl/α,β-unsaturated/α-hetero) is 2. The van der Waals surface area contributed by atoms with Gasteiger partial charge in [-0.25, -0.2) is 0 Å². The van der Waals surface area contributed by atoms with Crippen LogP contribution in [0.25, 0.3) is 0 Å². The second kappa shape index (κ2) is 4.18. The van der Waals surface area contributed by atoms with E-state index in [-0.39, 0.29) is 17.5 Å². The van der Waals surface area contributed by atoms with E-state index >= 15 is 0 Å². The van der Waals surface area contributed by atoms with Crippen molar-refractivity contribution in [1.29, 1.82) is 0 Å². The van der Waals surface area contributed by atoms with Gasteiger partial charge in [-0.15, -0.1) is 0 Å². The van der Waals surface area contributed by atoms with Gasteiger partial charge in [-0.1, -0.05) is 38.1 Å². The summed E-state index contributed by atoms with van der Waals surface area (Å²) in [5, 5.41) is 0. The van der Waals surface area contributed by atoms with E-state index in [0.717, 1.165) is 5.56 Å². The van der Waals surface area contributed by atoms with E-state index in [0.29, 0.717) is 5.56 Å². The van der Waals surface area contributed by atoms with Crippen LogP contribution in [0.2, 0.25) is 0 Å². The molecule has 0 aliphatic rings. The molecule has 0 aliphatic heterocycles. The Kier molecular flexibility index (Phi) is 3.18. The summed E-state index contributed by atoms with van der Waals surface area (Å²) in [7, 11) is 0. The number of benzene rings is 1. The lowest BCUT2D eigenvalue weighted by atomic mass is 9.97. The lowest BCUT2D eigenvalue weighted by molar-refractivity contribution is -0.117. The van der Waals surface area contributed by atoms with Crippen LogP contribution < -0.4 is 0 Å². The predicted molar refractivity (Wildman–Crippen MR) is 55.4 cm³/mol. The summed E-state index contributed by atoms with van der Waals surface area (Å²) in [5.41, 5.74) is 1.37. The van der Waals surface area contributed by atoms with Crippen LogP contribution in [0.5, 0.6) is 0 Å². The van der Waals surface area contributed by atoms with Gasteiger partial charge in [-0.3, -0.25) is 9.59 Å². The Bertz CT molecular complexity index is 364. The minimum Gasteiger partial charge on any atom is -0.290 e. The van der Waals surface area contributed by atoms with Crippen LogP contribution in [0.3, 0.4) is 0 Å². The van der Waals surface area contributed by atoms with Gasteiger partial charge >= 0.3 is 0 Å². The average molecular weight is 190 g/mol. The molecule has 0 fully saturated rings. The highest BCUT2D eigenvalue weighted by Gasteiger charge is 2.20. The molecule has 0 heterocycles. The Morgan fingerprint density at radius 2 is 1.71 bits per heavy atom. The molecule has 2 heteroatoms. The van der Waals surface area contributed by atoms with E-state index in [1.807, 2.05) is 19.1 Å². The number of ketones is 2. The third kappa shape index (κ3) is 2.08. The number of carbonyl (C=O) groups is 2. The molecule has 0 bridgehead atoms. The van der Waals surface area contributed by atoms with E-state index in [9.17, 15) is 9.59 Å². The molecule has 0 spiro atoms. The van der Waals surface area contributed by atoms with Gasteiger partial charge in [0.25, 0.3) is 0 Å². The maximum atomic E-state index is 11.7. The first kappa shape index (κ1) is 10.6. The summed E-state index contributed by atoms with van der Waals surface area (Å²) in [6.07, 6.45) is 0. The molecule has 0 saturated heterocycles. The molecule has 1 aromatic carbocycles. The van der Waals surface area contributed by atoms with Crippen LogP contribution in [0.15, 0.2) is 24.3 Å². The Balaban J connectivity index is 3.02. The molecule has 0 aliphatic carbocycles. The number of carbonyl (C=O) groups excluding carboxylic acids is 2. The molecule has 14 heavy (non-hydrogen) atoms. The van der Waals surface area contributed by atoms with Gasteiger partial charge in [0, 0.05) is 11.5 Å². The van der Waals surface area contributed by atoms with E-state index in [1.54, 1.807) is 26.0 Å². The summed E-state index contributed by atoms with van der Waals surface area (Å²) < 4.78 is 0. The predicted octanol–water partition coefficient (Wildman–Crippen LogP) is 2.40. The zero-order valence-electron chi connectivity index (χ0n) is 8.70. The first-order valence-corrected chi connectivity index (χ1v) is 4.68. The van der Waals surface area contributed by atoms with Crippen molar-refractivity contribution in [2.75, 3.05) is 0 Å². The quantitative estimate of drug-likeness (QED) is 0.541. The maximum Gasteiger partial charge on any atom is 0.229 e. The van der Waals surface area contributed by atoms with Gasteiger partial charge in [0.2, 0.25) is 11.6 Å². The van der Waals surface area contributed by atoms with E-state index in [4.69, 9.17) is 0 Å². The zero-order valence-corrected chi connectivity index (χ0v) is 8.70. The molecule has 0 N–H and O–H groups in total. The molecule has 0 radical (unpaired) electrons. The fraction of sp³-hybridized carbons (Fsp3) is 0.333. The second-order valence-corrected chi connectivity index (χ2v) is 3.66. The Morgan fingerprint density at radius 1 is 1.14 bits per heavy atom. The monoisotopic (exact) mass is 190 g/mol. The van der Waals surface area contributed by atoms with Gasteiger partial charge in [-0.05, 0) is 12.5 Å². The molecule has 0 aromatic heterocycles. The molecule has 0 saturated carbocycles. The smallest absolute Gasteiger partial charge is 0.229 e. The molecule has 1 aromatic rings. The number of hydrogen-bond donors (Lipinski definition) is 0. The number of rotatable bonds is 3. The highest BCUT2D eigenvalue weighted by Crippen LogP contribution is 2.10. The summed E-state index contributed by atoms with van der Waals surface area (Å²) in [6.45, 7) is 5.30. The normalized spacial score (nSPS) is 10.3. The Morgan fingerprint density at radius 3 is 2.21 bits per heavy atom. The van der Waals surface area contributed by atoms with Crippen molar-refractivity contribution >= 4 is 11.6 Å². The van der Waals surface area contributed by atoms with Crippen LogP contribution in [-0.2, 0) is 4.79 Å². The van der Waals surface area contributed by atoms with Crippen LogP contribution in [0.1, 0.15) is 29.8 Å². The average Bonchev–Trinajstić information content (AvgIpc) is 2.16. The van der Waals surface area contributed by atoms with Gasteiger partial charge in [0.05, 0.1) is 0 Å². The first-order chi connectivity index (χ1) is 6.54. The van der Waals surface area contributed by atoms with Gasteiger partial charge in [0.15, 0.2) is 0 Å². The minimum atomic E-state index is -0.377. The van der Waals surface area contributed by atoms with Crippen molar-refractivity contribution in [2.45, 2.75) is 20.8 Å². The van der Waals surface area contributed by atoms with Gasteiger partial charge in [0.1, 0.15) is 0 Å². The molecule has 0 unspecified atom stereocenters. The highest BCUT2D eigenvalue weighted by atomic mass is 16.2. The largest absolute Gasteiger partial charge is 0.290 e. The summed E-state index contributed by atoms with van der Waals surface area (Å²) in [5.74, 6) is -0.931. The maximum absolute atomic E-state index is 11.7. The van der Waals surface area contributed by atoms with Crippen molar-refractivity contribution in [3.05, 3.63) is 35.4 Å². The van der Waals surface area contributed by atoms with Gasteiger partial charge in [-0.2, -0.15) is 0 Å². The number of aryl methyl sites for hydroxylation is 1. The third-order valence-electron chi connectivity index (χ3n) is 2.14. The highest BCUT2D eigenvalue weighted by molar-refractivity contribution is 6.44. The fourth-order valence-corrected chi connectivity index (χ4v) is 1.22. The van der Waals surface area contributed by atoms with Crippen LogP contribution >= 0.6 is 0 Å². The standard InChI is InChI=1S/C12H14O2/c1-8(2)11(13)12(14)10-7-5-4-6-9(10)3/h4-8H,1-3H3. The zero-order chi connectivity index (χ0) is 10.7. The summed E-state index contributed by atoms with van der Waals surface area (Å²) in [4.78, 5) is 23.1. The Labute approximate surface area is 83.9 Å². The molecular formula is C12H14O2. The van der Waals surface area contributed by atoms with Crippen molar-refractivity contribution in [1.82, 2.24) is 0 Å². The van der Waals surface area contributed by atoms with E-state index in [1.165, 1.54) is 0 Å². The van der Waals surface area contributed by atoms with Crippen molar-refractivity contribution in [2.24, 2.45) is 5.92 Å². The second-order valence-electron chi connectivity index (χ2n) is 3.66. The molecule has 0 atom stereocenters. The van der Waals surface area contributed by atoms with Crippen molar-refractivity contribution in [3.63, 3.8) is 0 Å². The lowest BCUT2D eigenvalue weighted by Crippen LogP contribution is -2.20. The lowest BCUT2D eigenvalue weighted by Gasteiger charge is -2.05. The van der Waals surface area contributed by atoms with E-state index in [2.05, 4.69) is 0 Å². The van der Waals surface area contributed by atoms with Crippen molar-refractivity contribution in [3.8, 4) is 0 Å². The topological polar surface area (TPSA) is 34.1 Å². The minimum absolute atomic E-state index is 0.234. The first-order valence-electron chi connectivity index (χ1n) is 4.68. The van der Waals surface area contributed by atoms with E-state index < -0.39 is 0 Å². The molecular weight excluding hydrogens is 176 g/mol. The fourth-order valence-electron chi connectivity index (χ4n) is 1.22. The molecule has 1 rings (SSSR count). The van der Waals surface area contributed by atoms with Crippen LogP contribution in [0, 0.1) is 12.8 Å². The number of hydrogen-bond acceptors (Lipinski definition) is 2.